The Hall–Kier alpha value is -4.52. The minimum absolute atomic E-state index is 0.0793. The average Bonchev–Trinajstić information content (AvgIpc) is 3.32. The van der Waals surface area contributed by atoms with E-state index in [9.17, 15) is 19.6 Å². The Morgan fingerprint density at radius 2 is 1.81 bits per heavy atom. The van der Waals surface area contributed by atoms with Gasteiger partial charge in [0.2, 0.25) is 11.8 Å². The molecular weight excluding hydrogens is 559 g/mol. The summed E-state index contributed by atoms with van der Waals surface area (Å²) in [6, 6.07) is 18.8. The molecule has 0 radical (unpaired) electrons. The molecule has 0 saturated heterocycles. The Balaban J connectivity index is 1.36. The number of carbonyl (C=O) groups excluding carboxylic acids is 2. The number of halogens is 1. The highest BCUT2D eigenvalue weighted by molar-refractivity contribution is 6.58. The molecule has 2 heterocycles. The van der Waals surface area contributed by atoms with Crippen LogP contribution in [0.15, 0.2) is 71.7 Å². The SMILES string of the molecule is COc1ccc2c(c1)C(c1ccc(Cl)cc1)=NC(CC(=O)NCC(=O)NCc1cccc(B(O)O)c1)c1nnc(C)n1-2. The lowest BCUT2D eigenvalue weighted by Gasteiger charge is -2.14. The molecule has 2 amide bonds. The van der Waals surface area contributed by atoms with Gasteiger partial charge in [-0.1, -0.05) is 48.0 Å². The first-order chi connectivity index (χ1) is 20.2. The van der Waals surface area contributed by atoms with Crippen molar-refractivity contribution < 1.29 is 24.4 Å². The largest absolute Gasteiger partial charge is 0.497 e. The van der Waals surface area contributed by atoms with Crippen LogP contribution < -0.4 is 20.8 Å². The molecule has 1 unspecified atom stereocenters. The number of carbonyl (C=O) groups is 2. The normalized spacial score (nSPS) is 13.7. The van der Waals surface area contributed by atoms with Crippen LogP contribution in [0.5, 0.6) is 5.75 Å². The van der Waals surface area contributed by atoms with Crippen LogP contribution in [0.2, 0.25) is 5.02 Å². The van der Waals surface area contributed by atoms with Crippen molar-refractivity contribution in [2.24, 2.45) is 4.99 Å². The van der Waals surface area contributed by atoms with Gasteiger partial charge in [-0.05, 0) is 48.3 Å². The second kappa shape index (κ2) is 12.6. The molecule has 0 fully saturated rings. The van der Waals surface area contributed by atoms with Gasteiger partial charge in [0.1, 0.15) is 17.6 Å². The summed E-state index contributed by atoms with van der Waals surface area (Å²) in [5, 5.41) is 33.3. The van der Waals surface area contributed by atoms with Crippen molar-refractivity contribution in [3.05, 3.63) is 100 Å². The van der Waals surface area contributed by atoms with Crippen LogP contribution >= 0.6 is 11.6 Å². The van der Waals surface area contributed by atoms with Gasteiger partial charge in [0.05, 0.1) is 31.5 Å². The maximum atomic E-state index is 13.1. The summed E-state index contributed by atoms with van der Waals surface area (Å²) in [6.45, 7) is 1.75. The summed E-state index contributed by atoms with van der Waals surface area (Å²) < 4.78 is 7.37. The molecule has 1 aliphatic heterocycles. The number of fused-ring (bicyclic) bond motifs is 3. The average molecular weight is 587 g/mol. The van der Waals surface area contributed by atoms with E-state index < -0.39 is 25.0 Å². The van der Waals surface area contributed by atoms with Crippen molar-refractivity contribution in [3.8, 4) is 11.4 Å². The number of nitrogens with zero attached hydrogens (tertiary/aromatic N) is 4. The number of nitrogens with one attached hydrogen (secondary N) is 2. The lowest BCUT2D eigenvalue weighted by Crippen LogP contribution is -2.37. The molecule has 1 atom stereocenters. The fraction of sp³-hybridized carbons (Fsp3) is 0.207. The van der Waals surface area contributed by atoms with E-state index in [2.05, 4.69) is 20.8 Å². The lowest BCUT2D eigenvalue weighted by atomic mass is 9.80. The second-order valence-corrected chi connectivity index (χ2v) is 10.1. The van der Waals surface area contributed by atoms with Crippen LogP contribution in [-0.4, -0.2) is 63.1 Å². The van der Waals surface area contributed by atoms with E-state index >= 15 is 0 Å². The molecule has 0 aliphatic carbocycles. The van der Waals surface area contributed by atoms with E-state index in [1.54, 1.807) is 43.5 Å². The second-order valence-electron chi connectivity index (χ2n) is 9.70. The van der Waals surface area contributed by atoms with Gasteiger partial charge in [0.15, 0.2) is 5.82 Å². The summed E-state index contributed by atoms with van der Waals surface area (Å²) in [7, 11) is -0.0106. The molecule has 0 bridgehead atoms. The molecule has 5 rings (SSSR count). The van der Waals surface area contributed by atoms with E-state index in [1.165, 1.54) is 0 Å². The van der Waals surface area contributed by atoms with Gasteiger partial charge in [-0.3, -0.25) is 19.1 Å². The number of aromatic nitrogens is 3. The first-order valence-electron chi connectivity index (χ1n) is 13.2. The number of hydrogen-bond donors (Lipinski definition) is 4. The Labute approximate surface area is 247 Å². The Kier molecular flexibility index (Phi) is 8.67. The number of aryl methyl sites for hydroxylation is 1. The molecule has 4 N–H and O–H groups in total. The zero-order valence-electron chi connectivity index (χ0n) is 22.9. The molecule has 13 heteroatoms. The number of benzene rings is 3. The molecule has 1 aromatic heterocycles. The van der Waals surface area contributed by atoms with Crippen LogP contribution in [0, 0.1) is 6.92 Å². The van der Waals surface area contributed by atoms with Crippen LogP contribution in [-0.2, 0) is 16.1 Å². The molecule has 11 nitrogen and oxygen atoms in total. The summed E-state index contributed by atoms with van der Waals surface area (Å²) in [6.07, 6.45) is -0.0793. The summed E-state index contributed by atoms with van der Waals surface area (Å²) >= 11 is 6.15. The highest BCUT2D eigenvalue weighted by Crippen LogP contribution is 2.34. The maximum absolute atomic E-state index is 13.1. The minimum Gasteiger partial charge on any atom is -0.497 e. The Bertz CT molecular complexity index is 1660. The molecular formula is C29H28BClN6O5. The first-order valence-corrected chi connectivity index (χ1v) is 13.5. The summed E-state index contributed by atoms with van der Waals surface area (Å²) in [5.74, 6) is 0.975. The van der Waals surface area contributed by atoms with Gasteiger partial charge in [-0.2, -0.15) is 0 Å². The molecule has 3 aromatic carbocycles. The molecule has 0 saturated carbocycles. The summed E-state index contributed by atoms with van der Waals surface area (Å²) in [4.78, 5) is 30.6. The molecule has 0 spiro atoms. The van der Waals surface area contributed by atoms with Gasteiger partial charge in [-0.25, -0.2) is 0 Å². The van der Waals surface area contributed by atoms with Crippen molar-refractivity contribution in [3.63, 3.8) is 0 Å². The van der Waals surface area contributed by atoms with Gasteiger partial charge in [0.25, 0.3) is 0 Å². The van der Waals surface area contributed by atoms with Crippen molar-refractivity contribution in [2.45, 2.75) is 25.9 Å². The Morgan fingerprint density at radius 3 is 2.55 bits per heavy atom. The molecule has 1 aliphatic rings. The zero-order valence-corrected chi connectivity index (χ0v) is 23.7. The molecule has 42 heavy (non-hydrogen) atoms. The number of amides is 2. The topological polar surface area (TPSA) is 151 Å². The van der Waals surface area contributed by atoms with E-state index in [-0.39, 0.29) is 19.5 Å². The van der Waals surface area contributed by atoms with E-state index in [4.69, 9.17) is 21.3 Å². The number of methoxy groups -OCH3 is 1. The zero-order chi connectivity index (χ0) is 29.8. The van der Waals surface area contributed by atoms with Crippen LogP contribution in [0.4, 0.5) is 0 Å². The fourth-order valence-electron chi connectivity index (χ4n) is 4.73. The van der Waals surface area contributed by atoms with Crippen LogP contribution in [0.25, 0.3) is 5.69 Å². The first kappa shape index (κ1) is 29.0. The van der Waals surface area contributed by atoms with Crippen molar-refractivity contribution in [1.82, 2.24) is 25.4 Å². The number of hydrogen-bond acceptors (Lipinski definition) is 8. The molecule has 214 valence electrons. The van der Waals surface area contributed by atoms with Gasteiger partial charge in [0, 0.05) is 22.7 Å². The highest BCUT2D eigenvalue weighted by atomic mass is 35.5. The monoisotopic (exact) mass is 586 g/mol. The van der Waals surface area contributed by atoms with Gasteiger partial charge >= 0.3 is 7.12 Å². The van der Waals surface area contributed by atoms with Crippen molar-refractivity contribution in [1.29, 1.82) is 0 Å². The van der Waals surface area contributed by atoms with E-state index in [1.807, 2.05) is 41.8 Å². The number of rotatable bonds is 9. The van der Waals surface area contributed by atoms with Gasteiger partial charge in [-0.15, -0.1) is 10.2 Å². The Morgan fingerprint density at radius 1 is 1.02 bits per heavy atom. The quantitative estimate of drug-likeness (QED) is 0.218. The number of ether oxygens (including phenoxy) is 1. The summed E-state index contributed by atoms with van der Waals surface area (Å²) in [5.41, 5.74) is 4.02. The number of aliphatic imine (C=N–C) groups is 1. The smallest absolute Gasteiger partial charge is 0.488 e. The van der Waals surface area contributed by atoms with E-state index in [0.717, 1.165) is 16.8 Å². The third-order valence-electron chi connectivity index (χ3n) is 6.81. The fourth-order valence-corrected chi connectivity index (χ4v) is 4.86. The predicted molar refractivity (Wildman–Crippen MR) is 158 cm³/mol. The molecule has 4 aromatic rings. The third-order valence-corrected chi connectivity index (χ3v) is 7.07. The van der Waals surface area contributed by atoms with Crippen LogP contribution in [0.3, 0.4) is 0 Å². The highest BCUT2D eigenvalue weighted by Gasteiger charge is 2.30. The third kappa shape index (κ3) is 6.36. The van der Waals surface area contributed by atoms with Crippen molar-refractivity contribution in [2.75, 3.05) is 13.7 Å². The standard InChI is InChI=1S/C29H28BClN6O5/c1-17-35-36-29-24(14-26(38)33-16-27(39)32-15-18-4-3-5-20(12-18)30(40)41)34-28(19-6-8-21(31)9-7-19)23-13-22(42-2)10-11-25(23)37(17)29/h3-13,24,40-41H,14-16H2,1-2H3,(H,32,39)(H,33,38). The minimum atomic E-state index is -1.60. The van der Waals surface area contributed by atoms with E-state index in [0.29, 0.717) is 39.2 Å². The predicted octanol–water partition coefficient (Wildman–Crippen LogP) is 1.63. The maximum Gasteiger partial charge on any atom is 0.488 e. The van der Waals surface area contributed by atoms with Crippen molar-refractivity contribution >= 4 is 41.7 Å². The van der Waals surface area contributed by atoms with Crippen LogP contribution in [0.1, 0.15) is 40.8 Å². The van der Waals surface area contributed by atoms with Gasteiger partial charge < -0.3 is 25.4 Å². The lowest BCUT2D eigenvalue weighted by molar-refractivity contribution is -0.126.